The normalized spacial score (nSPS) is 10.9. The Kier molecular flexibility index (Phi) is 3.72. The Morgan fingerprint density at radius 3 is 2.50 bits per heavy atom. The molecule has 1 aromatic heterocycles. The van der Waals surface area contributed by atoms with Gasteiger partial charge < -0.3 is 9.73 Å². The van der Waals surface area contributed by atoms with E-state index in [1.165, 1.54) is 6.07 Å². The number of benzene rings is 1. The van der Waals surface area contributed by atoms with E-state index in [1.807, 2.05) is 6.92 Å². The van der Waals surface area contributed by atoms with E-state index in [4.69, 9.17) is 4.42 Å². The first-order valence-corrected chi connectivity index (χ1v) is 5.56. The van der Waals surface area contributed by atoms with E-state index in [2.05, 4.69) is 5.32 Å². The average Bonchev–Trinajstić information content (AvgIpc) is 2.79. The van der Waals surface area contributed by atoms with E-state index in [9.17, 15) is 13.2 Å². The molecule has 1 heterocycles. The summed E-state index contributed by atoms with van der Waals surface area (Å²) >= 11 is 0. The summed E-state index contributed by atoms with van der Waals surface area (Å²) in [4.78, 5) is 0. The van der Waals surface area contributed by atoms with Crippen LogP contribution in [0.4, 0.5) is 13.2 Å². The molecule has 96 valence electrons. The number of halogens is 3. The molecule has 0 saturated heterocycles. The predicted octanol–water partition coefficient (Wildman–Crippen LogP) is 3.47. The molecule has 0 aliphatic heterocycles. The Morgan fingerprint density at radius 1 is 1.06 bits per heavy atom. The van der Waals surface area contributed by atoms with Gasteiger partial charge in [-0.15, -0.1) is 0 Å². The molecule has 0 unspecified atom stereocenters. The standard InChI is InChI=1S/C13H12F3NO/c1-2-17-7-8-3-4-13(18-8)9-5-11(15)12(16)6-10(9)14/h3-6,17H,2,7H2,1H3. The molecule has 0 aliphatic rings. The smallest absolute Gasteiger partial charge is 0.161 e. The van der Waals surface area contributed by atoms with Crippen LogP contribution in [0, 0.1) is 17.5 Å². The Balaban J connectivity index is 2.31. The molecule has 2 aromatic rings. The third kappa shape index (κ3) is 2.56. The minimum atomic E-state index is -1.21. The van der Waals surface area contributed by atoms with Crippen molar-refractivity contribution in [3.63, 3.8) is 0 Å². The molecule has 18 heavy (non-hydrogen) atoms. The lowest BCUT2D eigenvalue weighted by Crippen LogP contribution is -2.10. The molecule has 5 heteroatoms. The third-order valence-electron chi connectivity index (χ3n) is 2.49. The quantitative estimate of drug-likeness (QED) is 0.846. The van der Waals surface area contributed by atoms with Crippen LogP contribution in [0.2, 0.25) is 0 Å². The fourth-order valence-electron chi connectivity index (χ4n) is 1.58. The highest BCUT2D eigenvalue weighted by Crippen LogP contribution is 2.27. The van der Waals surface area contributed by atoms with Crippen LogP contribution < -0.4 is 5.32 Å². The Bertz CT molecular complexity index is 551. The van der Waals surface area contributed by atoms with E-state index in [-0.39, 0.29) is 11.3 Å². The molecule has 0 atom stereocenters. The molecule has 2 rings (SSSR count). The van der Waals surface area contributed by atoms with Crippen molar-refractivity contribution in [3.8, 4) is 11.3 Å². The fourth-order valence-corrected chi connectivity index (χ4v) is 1.58. The van der Waals surface area contributed by atoms with Gasteiger partial charge in [-0.2, -0.15) is 0 Å². The van der Waals surface area contributed by atoms with E-state index >= 15 is 0 Å². The maximum atomic E-state index is 13.5. The molecule has 0 fully saturated rings. The SMILES string of the molecule is CCNCc1ccc(-c2cc(F)c(F)cc2F)o1. The van der Waals surface area contributed by atoms with Gasteiger partial charge >= 0.3 is 0 Å². The predicted molar refractivity (Wildman–Crippen MR) is 61.4 cm³/mol. The average molecular weight is 255 g/mol. The van der Waals surface area contributed by atoms with Gasteiger partial charge in [-0.05, 0) is 24.7 Å². The molecule has 1 N–H and O–H groups in total. The molecule has 1 aromatic carbocycles. The lowest BCUT2D eigenvalue weighted by Gasteiger charge is -2.01. The zero-order chi connectivity index (χ0) is 13.1. The third-order valence-corrected chi connectivity index (χ3v) is 2.49. The van der Waals surface area contributed by atoms with Crippen molar-refractivity contribution in [1.82, 2.24) is 5.32 Å². The number of hydrogen-bond acceptors (Lipinski definition) is 2. The van der Waals surface area contributed by atoms with Crippen molar-refractivity contribution in [1.29, 1.82) is 0 Å². The zero-order valence-electron chi connectivity index (χ0n) is 9.77. The van der Waals surface area contributed by atoms with Crippen molar-refractivity contribution < 1.29 is 17.6 Å². The van der Waals surface area contributed by atoms with Crippen LogP contribution >= 0.6 is 0 Å². The first kappa shape index (κ1) is 12.7. The van der Waals surface area contributed by atoms with Gasteiger partial charge in [0.25, 0.3) is 0 Å². The van der Waals surface area contributed by atoms with Gasteiger partial charge in [-0.25, -0.2) is 13.2 Å². The highest BCUT2D eigenvalue weighted by Gasteiger charge is 2.14. The van der Waals surface area contributed by atoms with Crippen LogP contribution in [0.25, 0.3) is 11.3 Å². The van der Waals surface area contributed by atoms with Gasteiger partial charge in [0, 0.05) is 6.07 Å². The van der Waals surface area contributed by atoms with Crippen LogP contribution in [0.1, 0.15) is 12.7 Å². The van der Waals surface area contributed by atoms with Crippen molar-refractivity contribution >= 4 is 0 Å². The van der Waals surface area contributed by atoms with Gasteiger partial charge in [-0.3, -0.25) is 0 Å². The maximum Gasteiger partial charge on any atom is 0.161 e. The van der Waals surface area contributed by atoms with E-state index in [1.54, 1.807) is 6.07 Å². The van der Waals surface area contributed by atoms with Crippen molar-refractivity contribution in [2.75, 3.05) is 6.54 Å². The second-order valence-electron chi connectivity index (χ2n) is 3.79. The summed E-state index contributed by atoms with van der Waals surface area (Å²) in [6.45, 7) is 3.22. The van der Waals surface area contributed by atoms with Crippen LogP contribution in [0.15, 0.2) is 28.7 Å². The molecule has 0 bridgehead atoms. The summed E-state index contributed by atoms with van der Waals surface area (Å²) in [5.74, 6) is -2.37. The number of furan rings is 1. The fraction of sp³-hybridized carbons (Fsp3) is 0.231. The zero-order valence-corrected chi connectivity index (χ0v) is 9.77. The van der Waals surface area contributed by atoms with Crippen LogP contribution in [0.5, 0.6) is 0 Å². The lowest BCUT2D eigenvalue weighted by molar-refractivity contribution is 0.482. The molecule has 0 saturated carbocycles. The van der Waals surface area contributed by atoms with Crippen LogP contribution in [-0.2, 0) is 6.54 Å². The summed E-state index contributed by atoms with van der Waals surface area (Å²) in [6, 6.07) is 4.50. The van der Waals surface area contributed by atoms with Gasteiger partial charge in [0.05, 0.1) is 12.1 Å². The second-order valence-corrected chi connectivity index (χ2v) is 3.79. The molecule has 2 nitrogen and oxygen atoms in total. The van der Waals surface area contributed by atoms with E-state index in [0.29, 0.717) is 18.4 Å². The Labute approximate surface area is 102 Å². The summed E-state index contributed by atoms with van der Waals surface area (Å²) in [5, 5.41) is 3.04. The summed E-state index contributed by atoms with van der Waals surface area (Å²) in [7, 11) is 0. The topological polar surface area (TPSA) is 25.2 Å². The molecular formula is C13H12F3NO. The van der Waals surface area contributed by atoms with Crippen molar-refractivity contribution in [3.05, 3.63) is 47.5 Å². The van der Waals surface area contributed by atoms with Gasteiger partial charge in [-0.1, -0.05) is 6.92 Å². The molecule has 0 aliphatic carbocycles. The molecule has 0 spiro atoms. The Hall–Kier alpha value is -1.75. The van der Waals surface area contributed by atoms with E-state index < -0.39 is 17.5 Å². The largest absolute Gasteiger partial charge is 0.460 e. The van der Waals surface area contributed by atoms with Crippen LogP contribution in [0.3, 0.4) is 0 Å². The summed E-state index contributed by atoms with van der Waals surface area (Å²) in [5.41, 5.74) is -0.0864. The number of hydrogen-bond donors (Lipinski definition) is 1. The van der Waals surface area contributed by atoms with Gasteiger partial charge in [0.15, 0.2) is 11.6 Å². The second kappa shape index (κ2) is 5.27. The van der Waals surface area contributed by atoms with Gasteiger partial charge in [0.1, 0.15) is 17.3 Å². The van der Waals surface area contributed by atoms with Crippen LogP contribution in [-0.4, -0.2) is 6.54 Å². The Morgan fingerprint density at radius 2 is 1.78 bits per heavy atom. The molecule has 0 amide bonds. The highest BCUT2D eigenvalue weighted by molar-refractivity contribution is 5.58. The summed E-state index contributed by atoms with van der Waals surface area (Å²) in [6.07, 6.45) is 0. The number of rotatable bonds is 4. The van der Waals surface area contributed by atoms with E-state index in [0.717, 1.165) is 12.6 Å². The lowest BCUT2D eigenvalue weighted by atomic mass is 10.1. The molecular weight excluding hydrogens is 243 g/mol. The first-order chi connectivity index (χ1) is 8.61. The minimum absolute atomic E-state index is 0.0864. The number of nitrogens with one attached hydrogen (secondary N) is 1. The summed E-state index contributed by atoms with van der Waals surface area (Å²) < 4.78 is 44.7. The maximum absolute atomic E-state index is 13.5. The van der Waals surface area contributed by atoms with Crippen molar-refractivity contribution in [2.24, 2.45) is 0 Å². The van der Waals surface area contributed by atoms with Gasteiger partial charge in [0.2, 0.25) is 0 Å². The monoisotopic (exact) mass is 255 g/mol. The molecule has 0 radical (unpaired) electrons. The van der Waals surface area contributed by atoms with Crippen molar-refractivity contribution in [2.45, 2.75) is 13.5 Å². The first-order valence-electron chi connectivity index (χ1n) is 5.56. The highest BCUT2D eigenvalue weighted by atomic mass is 19.2. The minimum Gasteiger partial charge on any atom is -0.460 e.